The van der Waals surface area contributed by atoms with Crippen molar-refractivity contribution in [3.05, 3.63) is 11.1 Å². The quantitative estimate of drug-likeness (QED) is 0.337. The molecule has 4 rings (SSSR count). The Morgan fingerprint density at radius 1 is 0.938 bits per heavy atom. The Bertz CT molecular complexity index is 763. The lowest BCUT2D eigenvalue weighted by Gasteiger charge is -2.61. The fourth-order valence-electron chi connectivity index (χ4n) is 9.63. The number of rotatable bonds is 6. The first-order chi connectivity index (χ1) is 14.9. The highest BCUT2D eigenvalue weighted by Gasteiger charge is 2.65. The first-order valence-electron chi connectivity index (χ1n) is 13.8. The molecule has 0 radical (unpaired) electrons. The van der Waals surface area contributed by atoms with Gasteiger partial charge in [-0.1, -0.05) is 78.9 Å². The van der Waals surface area contributed by atoms with Crippen LogP contribution in [0.1, 0.15) is 119 Å². The molecular formula is C30H50O2. The summed E-state index contributed by atoms with van der Waals surface area (Å²) in [7, 11) is 0. The molecule has 1 N–H and O–H groups in total. The van der Waals surface area contributed by atoms with Crippen LogP contribution in [-0.4, -0.2) is 17.5 Å². The van der Waals surface area contributed by atoms with Gasteiger partial charge in [-0.3, -0.25) is 0 Å². The van der Waals surface area contributed by atoms with Crippen LogP contribution in [-0.2, 0) is 4.79 Å². The van der Waals surface area contributed by atoms with Crippen molar-refractivity contribution < 1.29 is 9.90 Å². The monoisotopic (exact) mass is 442 g/mol. The van der Waals surface area contributed by atoms with Crippen LogP contribution in [0.5, 0.6) is 0 Å². The van der Waals surface area contributed by atoms with Gasteiger partial charge in [0.2, 0.25) is 0 Å². The van der Waals surface area contributed by atoms with E-state index < -0.39 is 0 Å². The number of allylic oxidation sites excluding steroid dienone is 2. The van der Waals surface area contributed by atoms with Gasteiger partial charge in [0, 0.05) is 0 Å². The molecular weight excluding hydrogens is 392 g/mol. The van der Waals surface area contributed by atoms with E-state index >= 15 is 0 Å². The Hall–Kier alpha value is -0.630. The fraction of sp³-hybridized carbons (Fsp3) is 0.900. The number of carbonyl (C=O) groups is 1. The van der Waals surface area contributed by atoms with Crippen LogP contribution in [0.3, 0.4) is 0 Å². The van der Waals surface area contributed by atoms with Gasteiger partial charge < -0.3 is 9.90 Å². The summed E-state index contributed by atoms with van der Waals surface area (Å²) in [6.45, 7) is 16.7. The van der Waals surface area contributed by atoms with Gasteiger partial charge in [0.15, 0.2) is 0 Å². The number of aldehydes is 1. The summed E-state index contributed by atoms with van der Waals surface area (Å²) >= 11 is 0. The molecule has 0 aliphatic heterocycles. The molecule has 2 fully saturated rings. The van der Waals surface area contributed by atoms with Gasteiger partial charge in [0.1, 0.15) is 6.29 Å². The second kappa shape index (κ2) is 8.24. The van der Waals surface area contributed by atoms with Crippen molar-refractivity contribution in [3.63, 3.8) is 0 Å². The first kappa shape index (κ1) is 24.5. The van der Waals surface area contributed by atoms with Gasteiger partial charge >= 0.3 is 0 Å². The molecule has 0 aromatic carbocycles. The summed E-state index contributed by atoms with van der Waals surface area (Å²) in [5, 5.41) is 10.8. The largest absolute Gasteiger partial charge is 0.393 e. The lowest BCUT2D eigenvalue weighted by Crippen LogP contribution is -2.55. The minimum atomic E-state index is -0.230. The van der Waals surface area contributed by atoms with E-state index in [4.69, 9.17) is 0 Å². The minimum absolute atomic E-state index is 0.0379. The van der Waals surface area contributed by atoms with Crippen molar-refractivity contribution in [3.8, 4) is 0 Å². The molecule has 2 nitrogen and oxygen atoms in total. The van der Waals surface area contributed by atoms with Crippen LogP contribution in [0.4, 0.5) is 0 Å². The van der Waals surface area contributed by atoms with E-state index in [0.717, 1.165) is 38.0 Å². The third-order valence-electron chi connectivity index (χ3n) is 11.6. The van der Waals surface area contributed by atoms with Crippen LogP contribution in [0.15, 0.2) is 11.1 Å². The lowest BCUT2D eigenvalue weighted by atomic mass is 9.43. The highest BCUT2D eigenvalue weighted by molar-refractivity contribution is 5.70. The number of carbonyl (C=O) groups excluding carboxylic acids is 1. The van der Waals surface area contributed by atoms with Gasteiger partial charge in [0.05, 0.1) is 11.5 Å². The topological polar surface area (TPSA) is 37.3 Å². The van der Waals surface area contributed by atoms with Gasteiger partial charge in [-0.2, -0.15) is 0 Å². The SMILES string of the molecule is CC(C)CCCC(C)C1CC[C@@]2(C=O)C3=C(CC[C@]12C)[C@@]1(C)CC[C@H](O)C(C)(C)C1CC3. The maximum absolute atomic E-state index is 13.1. The van der Waals surface area contributed by atoms with Crippen LogP contribution in [0.2, 0.25) is 0 Å². The van der Waals surface area contributed by atoms with Gasteiger partial charge in [-0.15, -0.1) is 0 Å². The second-order valence-corrected chi connectivity index (χ2v) is 13.8. The van der Waals surface area contributed by atoms with E-state index in [9.17, 15) is 9.90 Å². The molecule has 2 heteroatoms. The predicted molar refractivity (Wildman–Crippen MR) is 133 cm³/mol. The molecule has 0 heterocycles. The Kier molecular flexibility index (Phi) is 6.31. The predicted octanol–water partition coefficient (Wildman–Crippen LogP) is 7.74. The van der Waals surface area contributed by atoms with Crippen molar-refractivity contribution in [2.24, 2.45) is 45.3 Å². The van der Waals surface area contributed by atoms with Gasteiger partial charge in [-0.25, -0.2) is 0 Å². The summed E-state index contributed by atoms with van der Waals surface area (Å²) in [4.78, 5) is 13.1. The molecule has 3 unspecified atom stereocenters. The van der Waals surface area contributed by atoms with Crippen molar-refractivity contribution in [2.45, 2.75) is 125 Å². The standard InChI is InChI=1S/C30H50O2/c1-20(2)9-8-10-21(3)22-14-18-30(19-31)24-11-12-25-27(4,5)26(32)15-16-28(25,6)23(24)13-17-29(22,30)7/h19-22,25-26,32H,8-18H2,1-7H3/t21?,22?,25?,26-,28+,29+,30+/m0/s1. The average molecular weight is 443 g/mol. The number of aliphatic hydroxyl groups excluding tert-OH is 1. The normalized spacial score (nSPS) is 44.1. The van der Waals surface area contributed by atoms with Crippen LogP contribution in [0.25, 0.3) is 0 Å². The van der Waals surface area contributed by atoms with Crippen molar-refractivity contribution >= 4 is 6.29 Å². The van der Waals surface area contributed by atoms with Crippen molar-refractivity contribution in [1.29, 1.82) is 0 Å². The molecule has 0 bridgehead atoms. The third kappa shape index (κ3) is 3.32. The molecule has 2 saturated carbocycles. The first-order valence-corrected chi connectivity index (χ1v) is 13.8. The molecule has 182 valence electrons. The summed E-state index contributed by atoms with van der Waals surface area (Å²) in [6.07, 6.45) is 14.0. The van der Waals surface area contributed by atoms with Crippen LogP contribution < -0.4 is 0 Å². The zero-order valence-electron chi connectivity index (χ0n) is 22.1. The number of hydrogen-bond donors (Lipinski definition) is 1. The maximum atomic E-state index is 13.1. The second-order valence-electron chi connectivity index (χ2n) is 13.8. The molecule has 0 spiro atoms. The summed E-state index contributed by atoms with van der Waals surface area (Å²) in [6, 6.07) is 0. The molecule has 0 saturated heterocycles. The Labute approximate surface area is 198 Å². The fourth-order valence-corrected chi connectivity index (χ4v) is 9.63. The van der Waals surface area contributed by atoms with E-state index in [1.54, 1.807) is 11.1 Å². The number of fused-ring (bicyclic) bond motifs is 4. The van der Waals surface area contributed by atoms with Crippen LogP contribution >= 0.6 is 0 Å². The number of aliphatic hydroxyl groups is 1. The minimum Gasteiger partial charge on any atom is -0.393 e. The van der Waals surface area contributed by atoms with E-state index in [1.165, 1.54) is 44.8 Å². The highest BCUT2D eigenvalue weighted by atomic mass is 16.3. The Morgan fingerprint density at radius 3 is 2.31 bits per heavy atom. The molecule has 32 heavy (non-hydrogen) atoms. The Morgan fingerprint density at radius 2 is 1.66 bits per heavy atom. The third-order valence-corrected chi connectivity index (χ3v) is 11.6. The van der Waals surface area contributed by atoms with Crippen LogP contribution in [0, 0.1) is 45.3 Å². The van der Waals surface area contributed by atoms with Crippen molar-refractivity contribution in [2.75, 3.05) is 0 Å². The van der Waals surface area contributed by atoms with E-state index in [2.05, 4.69) is 48.5 Å². The zero-order chi connectivity index (χ0) is 23.5. The zero-order valence-corrected chi connectivity index (χ0v) is 22.1. The van der Waals surface area contributed by atoms with E-state index in [1.807, 2.05) is 0 Å². The molecule has 0 amide bonds. The molecule has 4 aliphatic rings. The molecule has 0 aromatic rings. The van der Waals surface area contributed by atoms with Gasteiger partial charge in [-0.05, 0) is 91.3 Å². The summed E-state index contributed by atoms with van der Waals surface area (Å²) < 4.78 is 0. The highest BCUT2D eigenvalue weighted by Crippen LogP contribution is 2.72. The molecule has 0 aromatic heterocycles. The summed E-state index contributed by atoms with van der Waals surface area (Å²) in [5.74, 6) is 2.69. The summed E-state index contributed by atoms with van der Waals surface area (Å²) in [5.41, 5.74) is 3.22. The molecule has 7 atom stereocenters. The van der Waals surface area contributed by atoms with Gasteiger partial charge in [0.25, 0.3) is 0 Å². The van der Waals surface area contributed by atoms with Crippen molar-refractivity contribution in [1.82, 2.24) is 0 Å². The Balaban J connectivity index is 1.67. The number of hydrogen-bond acceptors (Lipinski definition) is 2. The van der Waals surface area contributed by atoms with E-state index in [-0.39, 0.29) is 27.8 Å². The smallest absolute Gasteiger partial charge is 0.130 e. The lowest BCUT2D eigenvalue weighted by molar-refractivity contribution is -0.125. The average Bonchev–Trinajstić information content (AvgIpc) is 3.04. The maximum Gasteiger partial charge on any atom is 0.130 e. The molecule has 4 aliphatic carbocycles. The van der Waals surface area contributed by atoms with E-state index in [0.29, 0.717) is 17.8 Å².